The second-order valence-corrected chi connectivity index (χ2v) is 11.8. The van der Waals surface area contributed by atoms with Gasteiger partial charge in [0, 0.05) is 11.8 Å². The first-order valence-corrected chi connectivity index (χ1v) is 11.6. The molecule has 0 radical (unpaired) electrons. The van der Waals surface area contributed by atoms with Crippen LogP contribution in [0.2, 0.25) is 0 Å². The maximum absolute atomic E-state index is 6.27. The smallest absolute Gasteiger partial charge is 0.174 e. The summed E-state index contributed by atoms with van der Waals surface area (Å²) in [6.45, 7) is 12.7. The molecule has 2 nitrogen and oxygen atoms in total. The quantitative estimate of drug-likeness (QED) is 0.563. The summed E-state index contributed by atoms with van der Waals surface area (Å²) in [7, 11) is 0. The number of allylic oxidation sites excluding steroid dienone is 1. The van der Waals surface area contributed by atoms with Gasteiger partial charge in [0.15, 0.2) is 5.79 Å². The molecule has 2 heterocycles. The Kier molecular flexibility index (Phi) is 6.01. The van der Waals surface area contributed by atoms with Gasteiger partial charge in [-0.1, -0.05) is 25.5 Å². The van der Waals surface area contributed by atoms with Gasteiger partial charge in [-0.15, -0.1) is 23.5 Å². The Morgan fingerprint density at radius 1 is 1.12 bits per heavy atom. The van der Waals surface area contributed by atoms with Crippen LogP contribution < -0.4 is 0 Å². The van der Waals surface area contributed by atoms with E-state index >= 15 is 0 Å². The lowest BCUT2D eigenvalue weighted by molar-refractivity contribution is -0.260. The van der Waals surface area contributed by atoms with Gasteiger partial charge < -0.3 is 9.47 Å². The van der Waals surface area contributed by atoms with E-state index in [0.717, 1.165) is 19.6 Å². The molecular formula is C20H34O2S2. The Bertz CT molecular complexity index is 453. The van der Waals surface area contributed by atoms with Crippen LogP contribution in [0, 0.1) is 11.3 Å². The zero-order valence-corrected chi connectivity index (χ0v) is 17.3. The minimum atomic E-state index is -0.359. The molecule has 0 aromatic heterocycles. The van der Waals surface area contributed by atoms with Crippen LogP contribution in [0.4, 0.5) is 0 Å². The van der Waals surface area contributed by atoms with Gasteiger partial charge in [-0.3, -0.25) is 0 Å². The van der Waals surface area contributed by atoms with Crippen molar-refractivity contribution >= 4 is 23.5 Å². The molecule has 138 valence electrons. The Hall–Kier alpha value is 0.360. The fourth-order valence-corrected chi connectivity index (χ4v) is 7.67. The van der Waals surface area contributed by atoms with Crippen LogP contribution in [0.25, 0.3) is 0 Å². The van der Waals surface area contributed by atoms with Crippen LogP contribution in [-0.4, -0.2) is 34.6 Å². The molecule has 0 bridgehead atoms. The van der Waals surface area contributed by atoms with E-state index in [1.165, 1.54) is 55.6 Å². The van der Waals surface area contributed by atoms with Crippen LogP contribution in [0.1, 0.15) is 65.7 Å². The molecule has 0 N–H and O–H groups in total. The minimum absolute atomic E-state index is 0.149. The van der Waals surface area contributed by atoms with Crippen molar-refractivity contribution in [2.24, 2.45) is 11.3 Å². The van der Waals surface area contributed by atoms with Crippen molar-refractivity contribution in [3.05, 3.63) is 12.2 Å². The van der Waals surface area contributed by atoms with Crippen molar-refractivity contribution in [1.82, 2.24) is 0 Å². The molecule has 0 aromatic carbocycles. The molecule has 24 heavy (non-hydrogen) atoms. The average Bonchev–Trinajstić information content (AvgIpc) is 3.01. The first-order valence-electron chi connectivity index (χ1n) is 9.59. The molecule has 0 unspecified atom stereocenters. The van der Waals surface area contributed by atoms with E-state index in [0.29, 0.717) is 10.00 Å². The second-order valence-electron chi connectivity index (χ2n) is 8.33. The average molecular weight is 371 g/mol. The maximum Gasteiger partial charge on any atom is 0.174 e. The predicted molar refractivity (Wildman–Crippen MR) is 107 cm³/mol. The van der Waals surface area contributed by atoms with E-state index in [2.05, 4.69) is 50.9 Å². The SMILES string of the molecule is C=C(C)[C@@H]1CC[C@](C)(CCCC2(C)SCCCS2)C2(C1)OCCO2. The molecule has 2 atom stereocenters. The van der Waals surface area contributed by atoms with Crippen molar-refractivity contribution in [2.75, 3.05) is 24.7 Å². The lowest BCUT2D eigenvalue weighted by atomic mass is 9.63. The lowest BCUT2D eigenvalue weighted by Crippen LogP contribution is -2.52. The van der Waals surface area contributed by atoms with Crippen molar-refractivity contribution in [3.8, 4) is 0 Å². The summed E-state index contributed by atoms with van der Waals surface area (Å²) in [5.41, 5.74) is 1.44. The summed E-state index contributed by atoms with van der Waals surface area (Å²) in [4.78, 5) is 0. The van der Waals surface area contributed by atoms with E-state index < -0.39 is 0 Å². The first-order chi connectivity index (χ1) is 11.4. The van der Waals surface area contributed by atoms with Gasteiger partial charge in [-0.05, 0) is 63.4 Å². The zero-order chi connectivity index (χ0) is 17.3. The molecule has 3 aliphatic rings. The van der Waals surface area contributed by atoms with Gasteiger partial charge in [0.2, 0.25) is 0 Å². The normalized spacial score (nSPS) is 35.2. The summed E-state index contributed by atoms with van der Waals surface area (Å²) < 4.78 is 13.0. The van der Waals surface area contributed by atoms with Crippen LogP contribution in [0.3, 0.4) is 0 Å². The zero-order valence-electron chi connectivity index (χ0n) is 15.7. The molecule has 3 fully saturated rings. The number of rotatable bonds is 5. The molecule has 1 spiro atoms. The summed E-state index contributed by atoms with van der Waals surface area (Å²) in [5.74, 6) is 2.86. The van der Waals surface area contributed by atoms with Crippen LogP contribution in [0.15, 0.2) is 12.2 Å². The summed E-state index contributed by atoms with van der Waals surface area (Å²) in [6, 6.07) is 0. The monoisotopic (exact) mass is 370 g/mol. The number of thioether (sulfide) groups is 2. The minimum Gasteiger partial charge on any atom is -0.347 e. The van der Waals surface area contributed by atoms with Gasteiger partial charge in [-0.25, -0.2) is 0 Å². The van der Waals surface area contributed by atoms with Gasteiger partial charge in [0.05, 0.1) is 17.3 Å². The maximum atomic E-state index is 6.27. The standard InChI is InChI=1S/C20H34O2S2/c1-16(2)17-7-10-18(3,20(15-17)21-11-12-22-20)8-5-9-19(4)23-13-6-14-24-19/h17H,1,5-15H2,2-4H3/t17-,18+/m1/s1. The summed E-state index contributed by atoms with van der Waals surface area (Å²) in [6.07, 6.45) is 8.60. The van der Waals surface area contributed by atoms with E-state index in [9.17, 15) is 0 Å². The third-order valence-corrected chi connectivity index (χ3v) is 9.72. The number of hydrogen-bond acceptors (Lipinski definition) is 4. The highest BCUT2D eigenvalue weighted by atomic mass is 32.2. The van der Waals surface area contributed by atoms with Crippen LogP contribution in [-0.2, 0) is 9.47 Å². The van der Waals surface area contributed by atoms with Crippen molar-refractivity contribution in [3.63, 3.8) is 0 Å². The Morgan fingerprint density at radius 2 is 1.79 bits per heavy atom. The first kappa shape index (κ1) is 19.1. The molecule has 2 aliphatic heterocycles. The Balaban J connectivity index is 1.63. The third-order valence-electron chi connectivity index (χ3n) is 6.39. The number of hydrogen-bond donors (Lipinski definition) is 0. The topological polar surface area (TPSA) is 18.5 Å². The van der Waals surface area contributed by atoms with Crippen LogP contribution >= 0.6 is 23.5 Å². The van der Waals surface area contributed by atoms with Crippen molar-refractivity contribution < 1.29 is 9.47 Å². The molecular weight excluding hydrogens is 336 g/mol. The van der Waals surface area contributed by atoms with E-state index in [-0.39, 0.29) is 11.2 Å². The van der Waals surface area contributed by atoms with Gasteiger partial charge in [-0.2, -0.15) is 0 Å². The van der Waals surface area contributed by atoms with E-state index in [1.54, 1.807) is 0 Å². The molecule has 4 heteroatoms. The van der Waals surface area contributed by atoms with Crippen molar-refractivity contribution in [2.45, 2.75) is 75.6 Å². The predicted octanol–water partition coefficient (Wildman–Crippen LogP) is 5.87. The summed E-state index contributed by atoms with van der Waals surface area (Å²) in [5, 5.41) is 0. The van der Waals surface area contributed by atoms with Gasteiger partial charge in [0.25, 0.3) is 0 Å². The highest BCUT2D eigenvalue weighted by molar-refractivity contribution is 8.18. The molecule has 1 saturated carbocycles. The Labute approximate surface area is 156 Å². The summed E-state index contributed by atoms with van der Waals surface area (Å²) >= 11 is 4.34. The molecule has 3 rings (SSSR count). The fourth-order valence-electron chi connectivity index (χ4n) is 4.63. The molecule has 0 amide bonds. The van der Waals surface area contributed by atoms with Crippen molar-refractivity contribution in [1.29, 1.82) is 0 Å². The van der Waals surface area contributed by atoms with Gasteiger partial charge >= 0.3 is 0 Å². The lowest BCUT2D eigenvalue weighted by Gasteiger charge is -2.51. The third kappa shape index (κ3) is 3.87. The largest absolute Gasteiger partial charge is 0.347 e. The highest BCUT2D eigenvalue weighted by Gasteiger charge is 2.55. The van der Waals surface area contributed by atoms with Crippen LogP contribution in [0.5, 0.6) is 0 Å². The molecule has 2 saturated heterocycles. The Morgan fingerprint density at radius 3 is 2.42 bits per heavy atom. The van der Waals surface area contributed by atoms with Gasteiger partial charge in [0.1, 0.15) is 0 Å². The highest BCUT2D eigenvalue weighted by Crippen LogP contribution is 2.55. The second kappa shape index (κ2) is 7.54. The van der Waals surface area contributed by atoms with E-state index in [4.69, 9.17) is 9.47 Å². The fraction of sp³-hybridized carbons (Fsp3) is 0.900. The van der Waals surface area contributed by atoms with E-state index in [1.807, 2.05) is 0 Å². The number of ether oxygens (including phenoxy) is 2. The molecule has 0 aromatic rings. The molecule has 1 aliphatic carbocycles.